The van der Waals surface area contributed by atoms with Gasteiger partial charge < -0.3 is 15.0 Å². The lowest BCUT2D eigenvalue weighted by Gasteiger charge is -2.00. The topological polar surface area (TPSA) is 74.2 Å². The monoisotopic (exact) mass is 219 g/mol. The Labute approximate surface area is 88.4 Å². The van der Waals surface area contributed by atoms with Gasteiger partial charge in [-0.05, 0) is 19.4 Å². The molecule has 0 aromatic carbocycles. The zero-order valence-electron chi connectivity index (χ0n) is 7.81. The van der Waals surface area contributed by atoms with Crippen LogP contribution in [0.4, 0.5) is 0 Å². The van der Waals surface area contributed by atoms with Crippen LogP contribution in [0.2, 0.25) is 0 Å². The maximum atomic E-state index is 5.40. The molecule has 6 heteroatoms. The molecule has 0 saturated carbocycles. The van der Waals surface area contributed by atoms with Crippen LogP contribution in [0.1, 0.15) is 30.7 Å². The maximum Gasteiger partial charge on any atom is 0.255 e. The van der Waals surface area contributed by atoms with Gasteiger partial charge in [-0.15, -0.1) is 12.4 Å². The Kier molecular flexibility index (Phi) is 4.31. The molecular weight excluding hydrogens is 206 g/mol. The average molecular weight is 220 g/mol. The lowest BCUT2D eigenvalue weighted by molar-refractivity contribution is 0.0835. The Morgan fingerprint density at radius 3 is 3.00 bits per heavy atom. The van der Waals surface area contributed by atoms with Gasteiger partial charge in [0.15, 0.2) is 5.82 Å². The molecule has 5 nitrogen and oxygen atoms in total. The van der Waals surface area contributed by atoms with Gasteiger partial charge in [0.25, 0.3) is 5.89 Å². The Balaban J connectivity index is 0.000000980. The molecule has 1 atom stereocenters. The van der Waals surface area contributed by atoms with E-state index in [0.29, 0.717) is 24.7 Å². The fourth-order valence-electron chi connectivity index (χ4n) is 1.40. The maximum absolute atomic E-state index is 5.40. The average Bonchev–Trinajstić information content (AvgIpc) is 2.70. The van der Waals surface area contributed by atoms with Crippen LogP contribution in [-0.2, 0) is 11.2 Å². The predicted molar refractivity (Wildman–Crippen MR) is 52.2 cm³/mol. The second-order valence-electron chi connectivity index (χ2n) is 3.09. The van der Waals surface area contributed by atoms with Crippen molar-refractivity contribution in [1.82, 2.24) is 10.1 Å². The normalized spacial score (nSPS) is 20.8. The van der Waals surface area contributed by atoms with Crippen LogP contribution < -0.4 is 5.73 Å². The Morgan fingerprint density at radius 2 is 2.36 bits per heavy atom. The summed E-state index contributed by atoms with van der Waals surface area (Å²) in [6, 6.07) is 0. The van der Waals surface area contributed by atoms with Gasteiger partial charge >= 0.3 is 0 Å². The fourth-order valence-corrected chi connectivity index (χ4v) is 1.40. The third kappa shape index (κ3) is 2.43. The smallest absolute Gasteiger partial charge is 0.255 e. The number of nitrogens with two attached hydrogens (primary N) is 1. The number of aromatic nitrogens is 2. The van der Waals surface area contributed by atoms with Crippen LogP contribution in [-0.4, -0.2) is 23.3 Å². The van der Waals surface area contributed by atoms with Gasteiger partial charge in [-0.1, -0.05) is 5.16 Å². The molecule has 1 fully saturated rings. The minimum atomic E-state index is 0. The first kappa shape index (κ1) is 11.4. The standard InChI is InChI=1S/C8H13N3O2.ClH/c9-4-3-7-10-8(13-11-7)6-2-1-5-12-6;/h6H,1-5,9H2;1H/t6-;/m1./s1. The van der Waals surface area contributed by atoms with Crippen LogP contribution in [0.15, 0.2) is 4.52 Å². The van der Waals surface area contributed by atoms with Crippen LogP contribution >= 0.6 is 12.4 Å². The summed E-state index contributed by atoms with van der Waals surface area (Å²) in [4.78, 5) is 4.20. The van der Waals surface area contributed by atoms with Crippen molar-refractivity contribution >= 4 is 12.4 Å². The number of hydrogen-bond donors (Lipinski definition) is 1. The van der Waals surface area contributed by atoms with E-state index in [1.807, 2.05) is 0 Å². The fraction of sp³-hybridized carbons (Fsp3) is 0.750. The van der Waals surface area contributed by atoms with Gasteiger partial charge in [0, 0.05) is 13.0 Å². The highest BCUT2D eigenvalue weighted by atomic mass is 35.5. The van der Waals surface area contributed by atoms with Crippen molar-refractivity contribution in [2.75, 3.05) is 13.2 Å². The predicted octanol–water partition coefficient (Wildman–Crippen LogP) is 0.844. The molecule has 0 radical (unpaired) electrons. The SMILES string of the molecule is Cl.NCCc1noc([C@H]2CCCO2)n1. The highest BCUT2D eigenvalue weighted by Crippen LogP contribution is 2.26. The number of rotatable bonds is 3. The molecule has 0 unspecified atom stereocenters. The molecule has 1 aliphatic heterocycles. The van der Waals surface area contributed by atoms with E-state index in [1.54, 1.807) is 0 Å². The van der Waals surface area contributed by atoms with Gasteiger partial charge in [0.2, 0.25) is 0 Å². The molecular formula is C8H14ClN3O2. The number of nitrogens with zero attached hydrogens (tertiary/aromatic N) is 2. The summed E-state index contributed by atoms with van der Waals surface area (Å²) in [5.41, 5.74) is 5.37. The molecule has 80 valence electrons. The highest BCUT2D eigenvalue weighted by molar-refractivity contribution is 5.85. The van der Waals surface area contributed by atoms with Crippen molar-refractivity contribution in [3.05, 3.63) is 11.7 Å². The molecule has 2 N–H and O–H groups in total. The first-order chi connectivity index (χ1) is 6.40. The van der Waals surface area contributed by atoms with Crippen LogP contribution in [0.3, 0.4) is 0 Å². The lowest BCUT2D eigenvalue weighted by Crippen LogP contribution is -2.04. The zero-order chi connectivity index (χ0) is 9.10. The van der Waals surface area contributed by atoms with Crippen molar-refractivity contribution in [2.24, 2.45) is 5.73 Å². The Hall–Kier alpha value is -0.650. The minimum absolute atomic E-state index is 0. The van der Waals surface area contributed by atoms with E-state index in [4.69, 9.17) is 15.0 Å². The summed E-state index contributed by atoms with van der Waals surface area (Å²) in [7, 11) is 0. The summed E-state index contributed by atoms with van der Waals surface area (Å²) < 4.78 is 10.5. The molecule has 1 saturated heterocycles. The highest BCUT2D eigenvalue weighted by Gasteiger charge is 2.23. The van der Waals surface area contributed by atoms with Gasteiger partial charge in [-0.25, -0.2) is 0 Å². The molecule has 2 heterocycles. The van der Waals surface area contributed by atoms with Crippen LogP contribution in [0, 0.1) is 0 Å². The third-order valence-electron chi connectivity index (χ3n) is 2.06. The van der Waals surface area contributed by atoms with Crippen LogP contribution in [0.5, 0.6) is 0 Å². The van der Waals surface area contributed by atoms with Crippen molar-refractivity contribution in [3.63, 3.8) is 0 Å². The van der Waals surface area contributed by atoms with Crippen molar-refractivity contribution < 1.29 is 9.26 Å². The van der Waals surface area contributed by atoms with E-state index in [0.717, 1.165) is 19.4 Å². The van der Waals surface area contributed by atoms with E-state index < -0.39 is 0 Å². The van der Waals surface area contributed by atoms with Crippen LogP contribution in [0.25, 0.3) is 0 Å². The zero-order valence-corrected chi connectivity index (χ0v) is 8.63. The van der Waals surface area contributed by atoms with Gasteiger partial charge in [0.1, 0.15) is 6.10 Å². The van der Waals surface area contributed by atoms with E-state index in [-0.39, 0.29) is 18.5 Å². The van der Waals surface area contributed by atoms with E-state index in [1.165, 1.54) is 0 Å². The summed E-state index contributed by atoms with van der Waals surface area (Å²) in [6.45, 7) is 1.34. The van der Waals surface area contributed by atoms with Crippen molar-refractivity contribution in [2.45, 2.75) is 25.4 Å². The molecule has 0 aliphatic carbocycles. The summed E-state index contributed by atoms with van der Waals surface area (Å²) in [5.74, 6) is 1.27. The lowest BCUT2D eigenvalue weighted by atomic mass is 10.2. The van der Waals surface area contributed by atoms with E-state index in [9.17, 15) is 0 Å². The first-order valence-electron chi connectivity index (χ1n) is 4.54. The Bertz CT molecular complexity index is 273. The third-order valence-corrected chi connectivity index (χ3v) is 2.06. The summed E-state index contributed by atoms with van der Waals surface area (Å²) in [6.07, 6.45) is 2.72. The summed E-state index contributed by atoms with van der Waals surface area (Å²) in [5, 5.41) is 3.80. The van der Waals surface area contributed by atoms with E-state index in [2.05, 4.69) is 10.1 Å². The number of hydrogen-bond acceptors (Lipinski definition) is 5. The number of halogens is 1. The molecule has 0 spiro atoms. The van der Waals surface area contributed by atoms with Gasteiger partial charge in [-0.3, -0.25) is 0 Å². The summed E-state index contributed by atoms with van der Waals surface area (Å²) >= 11 is 0. The van der Waals surface area contributed by atoms with Crippen molar-refractivity contribution in [1.29, 1.82) is 0 Å². The molecule has 14 heavy (non-hydrogen) atoms. The second kappa shape index (κ2) is 5.29. The molecule has 0 amide bonds. The largest absolute Gasteiger partial charge is 0.368 e. The van der Waals surface area contributed by atoms with Gasteiger partial charge in [0.05, 0.1) is 0 Å². The van der Waals surface area contributed by atoms with E-state index >= 15 is 0 Å². The Morgan fingerprint density at radius 1 is 1.50 bits per heavy atom. The quantitative estimate of drug-likeness (QED) is 0.816. The minimum Gasteiger partial charge on any atom is -0.368 e. The van der Waals surface area contributed by atoms with Gasteiger partial charge in [-0.2, -0.15) is 4.98 Å². The molecule has 2 rings (SSSR count). The molecule has 1 aromatic rings. The van der Waals surface area contributed by atoms with Crippen molar-refractivity contribution in [3.8, 4) is 0 Å². The number of ether oxygens (including phenoxy) is 1. The second-order valence-corrected chi connectivity index (χ2v) is 3.09. The molecule has 1 aromatic heterocycles. The molecule has 1 aliphatic rings. The first-order valence-corrected chi connectivity index (χ1v) is 4.54. The molecule has 0 bridgehead atoms.